The molecule has 2 rings (SSSR count). The Labute approximate surface area is 133 Å². The summed E-state index contributed by atoms with van der Waals surface area (Å²) in [6.45, 7) is 13.7. The van der Waals surface area contributed by atoms with Gasteiger partial charge in [-0.2, -0.15) is 4.98 Å². The maximum Gasteiger partial charge on any atom is 0.316 e. The Morgan fingerprint density at radius 3 is 2.82 bits per heavy atom. The molecule has 0 fully saturated rings. The second-order valence-electron chi connectivity index (χ2n) is 4.52. The first kappa shape index (κ1) is 16.1. The number of thiazole rings is 1. The largest absolute Gasteiger partial charge is 0.459 e. The molecular weight excluding hydrogens is 296 g/mol. The van der Waals surface area contributed by atoms with Crippen LogP contribution in [0.25, 0.3) is 13.2 Å². The Balaban J connectivity index is 2.18. The third kappa shape index (κ3) is 3.66. The number of allylic oxidation sites excluding steroid dienone is 1. The fourth-order valence-corrected chi connectivity index (χ4v) is 2.49. The lowest BCUT2D eigenvalue weighted by atomic mass is 10.2. The van der Waals surface area contributed by atoms with E-state index in [9.17, 15) is 0 Å². The van der Waals surface area contributed by atoms with Gasteiger partial charge in [0.15, 0.2) is 0 Å². The standard InChI is InChI=1S/C16H18N4OS/c1-5-12(6-2)9-21-16-18-8-7-13(20-16)14(17)15-19-10(3)11(4)22-15/h5-8,14H,1,3-4,9,17H2,2H3. The summed E-state index contributed by atoms with van der Waals surface area (Å²) in [5.74, 6) is 0. The lowest BCUT2D eigenvalue weighted by Crippen LogP contribution is -2.18. The van der Waals surface area contributed by atoms with Gasteiger partial charge in [-0.15, -0.1) is 11.3 Å². The Hall–Kier alpha value is -2.31. The van der Waals surface area contributed by atoms with Gasteiger partial charge in [0, 0.05) is 10.7 Å². The molecule has 22 heavy (non-hydrogen) atoms. The van der Waals surface area contributed by atoms with E-state index in [1.54, 1.807) is 18.3 Å². The molecule has 0 spiro atoms. The average molecular weight is 314 g/mol. The Bertz CT molecular complexity index is 769. The molecule has 0 aliphatic heterocycles. The quantitative estimate of drug-likeness (QED) is 0.814. The highest BCUT2D eigenvalue weighted by molar-refractivity contribution is 7.09. The van der Waals surface area contributed by atoms with E-state index < -0.39 is 6.04 Å². The second kappa shape index (κ2) is 7.11. The minimum atomic E-state index is -0.452. The molecule has 2 heterocycles. The zero-order valence-corrected chi connectivity index (χ0v) is 13.3. The van der Waals surface area contributed by atoms with Crippen LogP contribution < -0.4 is 20.4 Å². The zero-order chi connectivity index (χ0) is 16.1. The normalized spacial score (nSPS) is 12.9. The van der Waals surface area contributed by atoms with Crippen LogP contribution in [0.1, 0.15) is 23.7 Å². The van der Waals surface area contributed by atoms with Gasteiger partial charge in [0.1, 0.15) is 17.7 Å². The highest BCUT2D eigenvalue weighted by Gasteiger charge is 2.15. The first-order valence-corrected chi connectivity index (χ1v) is 7.50. The molecule has 2 aromatic heterocycles. The Morgan fingerprint density at radius 2 is 2.23 bits per heavy atom. The minimum Gasteiger partial charge on any atom is -0.459 e. The van der Waals surface area contributed by atoms with Crippen LogP contribution in [0.5, 0.6) is 6.01 Å². The van der Waals surface area contributed by atoms with Crippen molar-refractivity contribution in [3.8, 4) is 6.01 Å². The minimum absolute atomic E-state index is 0.274. The average Bonchev–Trinajstić information content (AvgIpc) is 2.87. The molecule has 1 unspecified atom stereocenters. The predicted molar refractivity (Wildman–Crippen MR) is 89.9 cm³/mol. The van der Waals surface area contributed by atoms with Crippen LogP contribution in [0.15, 0.2) is 36.6 Å². The molecule has 2 N–H and O–H groups in total. The van der Waals surface area contributed by atoms with Gasteiger partial charge in [0.2, 0.25) is 0 Å². The summed E-state index contributed by atoms with van der Waals surface area (Å²) in [6, 6.07) is 1.57. The molecule has 5 nitrogen and oxygen atoms in total. The van der Waals surface area contributed by atoms with E-state index >= 15 is 0 Å². The number of nitrogens with zero attached hydrogens (tertiary/aromatic N) is 3. The van der Waals surface area contributed by atoms with Crippen molar-refractivity contribution in [2.75, 3.05) is 6.61 Å². The van der Waals surface area contributed by atoms with E-state index in [0.717, 1.165) is 15.1 Å². The van der Waals surface area contributed by atoms with Gasteiger partial charge in [0.05, 0.1) is 11.0 Å². The van der Waals surface area contributed by atoms with Crippen LogP contribution in [0.2, 0.25) is 0 Å². The molecule has 114 valence electrons. The van der Waals surface area contributed by atoms with Crippen LogP contribution in [0.4, 0.5) is 0 Å². The molecule has 0 aliphatic carbocycles. The summed E-state index contributed by atoms with van der Waals surface area (Å²) in [6.07, 6.45) is 5.27. The fraction of sp³-hybridized carbons (Fsp3) is 0.188. The van der Waals surface area contributed by atoms with Gasteiger partial charge in [-0.1, -0.05) is 31.9 Å². The number of hydrogen-bond acceptors (Lipinski definition) is 6. The number of aromatic nitrogens is 3. The van der Waals surface area contributed by atoms with E-state index in [-0.39, 0.29) is 6.01 Å². The van der Waals surface area contributed by atoms with E-state index in [1.165, 1.54) is 11.3 Å². The first-order chi connectivity index (χ1) is 10.5. The summed E-state index contributed by atoms with van der Waals surface area (Å²) in [5.41, 5.74) is 7.79. The maximum atomic E-state index is 6.19. The van der Waals surface area contributed by atoms with Crippen molar-refractivity contribution in [1.29, 1.82) is 0 Å². The molecule has 2 aromatic rings. The lowest BCUT2D eigenvalue weighted by Gasteiger charge is -2.10. The smallest absolute Gasteiger partial charge is 0.316 e. The number of hydrogen-bond donors (Lipinski definition) is 1. The van der Waals surface area contributed by atoms with E-state index in [2.05, 4.69) is 34.7 Å². The highest BCUT2D eigenvalue weighted by Crippen LogP contribution is 2.18. The third-order valence-corrected chi connectivity index (χ3v) is 4.07. The van der Waals surface area contributed by atoms with Crippen LogP contribution in [0, 0.1) is 0 Å². The molecule has 0 radical (unpaired) electrons. The molecule has 0 bridgehead atoms. The molecule has 1 atom stereocenters. The molecule has 0 aliphatic rings. The van der Waals surface area contributed by atoms with Crippen molar-refractivity contribution < 1.29 is 4.74 Å². The summed E-state index contributed by atoms with van der Waals surface area (Å²) < 4.78 is 6.35. The molecule has 0 amide bonds. The topological polar surface area (TPSA) is 73.9 Å². The summed E-state index contributed by atoms with van der Waals surface area (Å²) in [4.78, 5) is 12.7. The summed E-state index contributed by atoms with van der Waals surface area (Å²) in [5, 5.41) is 1.37. The Morgan fingerprint density at radius 1 is 1.45 bits per heavy atom. The number of rotatable bonds is 6. The molecule has 0 saturated carbocycles. The van der Waals surface area contributed by atoms with E-state index in [1.807, 2.05) is 13.0 Å². The number of nitrogens with two attached hydrogens (primary N) is 1. The van der Waals surface area contributed by atoms with Crippen molar-refractivity contribution in [1.82, 2.24) is 15.0 Å². The van der Waals surface area contributed by atoms with Crippen LogP contribution in [0.3, 0.4) is 0 Å². The van der Waals surface area contributed by atoms with Crippen molar-refractivity contribution in [2.24, 2.45) is 5.73 Å². The Kier molecular flexibility index (Phi) is 5.19. The van der Waals surface area contributed by atoms with Gasteiger partial charge in [-0.3, -0.25) is 0 Å². The van der Waals surface area contributed by atoms with E-state index in [0.29, 0.717) is 17.6 Å². The number of ether oxygens (including phenoxy) is 1. The van der Waals surface area contributed by atoms with Gasteiger partial charge < -0.3 is 10.5 Å². The van der Waals surface area contributed by atoms with Crippen molar-refractivity contribution in [3.63, 3.8) is 0 Å². The summed E-state index contributed by atoms with van der Waals surface area (Å²) >= 11 is 1.42. The van der Waals surface area contributed by atoms with Gasteiger partial charge in [-0.05, 0) is 18.6 Å². The fourth-order valence-electron chi connectivity index (χ4n) is 1.67. The van der Waals surface area contributed by atoms with Crippen molar-refractivity contribution in [2.45, 2.75) is 13.0 Å². The van der Waals surface area contributed by atoms with Crippen LogP contribution in [-0.2, 0) is 0 Å². The van der Waals surface area contributed by atoms with Crippen molar-refractivity contribution >= 4 is 24.5 Å². The van der Waals surface area contributed by atoms with Gasteiger partial charge in [0.25, 0.3) is 0 Å². The maximum absolute atomic E-state index is 6.19. The van der Waals surface area contributed by atoms with Crippen LogP contribution >= 0.6 is 11.3 Å². The summed E-state index contributed by atoms with van der Waals surface area (Å²) in [7, 11) is 0. The predicted octanol–water partition coefficient (Wildman–Crippen LogP) is 1.31. The van der Waals surface area contributed by atoms with E-state index in [4.69, 9.17) is 10.5 Å². The SMILES string of the molecule is C=CC(=CC)COc1nccc(C(N)c2nc(=C)c(=C)s2)n1. The second-order valence-corrected chi connectivity index (χ2v) is 5.64. The van der Waals surface area contributed by atoms with Crippen LogP contribution in [-0.4, -0.2) is 21.6 Å². The third-order valence-electron chi connectivity index (χ3n) is 3.04. The molecule has 0 aromatic carbocycles. The lowest BCUT2D eigenvalue weighted by molar-refractivity contribution is 0.324. The molecule has 0 saturated heterocycles. The monoisotopic (exact) mass is 314 g/mol. The zero-order valence-electron chi connectivity index (χ0n) is 12.5. The van der Waals surface area contributed by atoms with Crippen molar-refractivity contribution in [3.05, 3.63) is 57.2 Å². The highest BCUT2D eigenvalue weighted by atomic mass is 32.1. The molecule has 6 heteroatoms. The van der Waals surface area contributed by atoms with Gasteiger partial charge >= 0.3 is 6.01 Å². The molecular formula is C16H18N4OS. The van der Waals surface area contributed by atoms with Gasteiger partial charge in [-0.25, -0.2) is 9.97 Å². The first-order valence-electron chi connectivity index (χ1n) is 6.68.